The summed E-state index contributed by atoms with van der Waals surface area (Å²) in [7, 11) is 0. The minimum absolute atomic E-state index is 0.342. The Hall–Kier alpha value is -0.650. The van der Waals surface area contributed by atoms with Gasteiger partial charge in [0, 0.05) is 25.9 Å². The van der Waals surface area contributed by atoms with Crippen molar-refractivity contribution in [2.24, 2.45) is 0 Å². The van der Waals surface area contributed by atoms with Crippen molar-refractivity contribution in [3.63, 3.8) is 0 Å². The zero-order chi connectivity index (χ0) is 12.3. The van der Waals surface area contributed by atoms with Crippen LogP contribution in [0.25, 0.3) is 0 Å². The number of aliphatic hydroxyl groups excluding tert-OH is 1. The van der Waals surface area contributed by atoms with Crippen molar-refractivity contribution in [2.75, 3.05) is 24.6 Å². The van der Waals surface area contributed by atoms with Crippen molar-refractivity contribution in [3.05, 3.63) is 11.1 Å². The van der Waals surface area contributed by atoms with E-state index in [9.17, 15) is 5.11 Å². The second-order valence-corrected chi connectivity index (χ2v) is 5.44. The lowest BCUT2D eigenvalue weighted by atomic mass is 10.2. The van der Waals surface area contributed by atoms with Gasteiger partial charge in [0.15, 0.2) is 5.13 Å². The number of nitrogens with zero attached hydrogens (tertiary/aromatic N) is 2. The number of likely N-dealkylation sites (N-methyl/N-ethyl adjacent to an activating group) is 1. The van der Waals surface area contributed by atoms with E-state index in [2.05, 4.69) is 16.8 Å². The average molecular weight is 256 g/mol. The fourth-order valence-corrected chi connectivity index (χ4v) is 2.92. The molecule has 1 N–H and O–H groups in total. The van der Waals surface area contributed by atoms with Gasteiger partial charge >= 0.3 is 0 Å². The minimum atomic E-state index is -0.428. The second-order valence-electron chi connectivity index (χ2n) is 4.39. The first-order valence-electron chi connectivity index (χ1n) is 6.21. The lowest BCUT2D eigenvalue weighted by Crippen LogP contribution is -2.31. The third kappa shape index (κ3) is 3.18. The lowest BCUT2D eigenvalue weighted by Gasteiger charge is -2.23. The van der Waals surface area contributed by atoms with Crippen LogP contribution in [-0.2, 0) is 4.74 Å². The van der Waals surface area contributed by atoms with Crippen LogP contribution in [0.2, 0.25) is 0 Å². The molecule has 2 atom stereocenters. The summed E-state index contributed by atoms with van der Waals surface area (Å²) in [6.07, 6.45) is 3.99. The Balaban J connectivity index is 2.00. The first kappa shape index (κ1) is 12.8. The van der Waals surface area contributed by atoms with Gasteiger partial charge in [0.1, 0.15) is 0 Å². The molecule has 0 aromatic carbocycles. The van der Waals surface area contributed by atoms with Crippen molar-refractivity contribution < 1.29 is 9.84 Å². The van der Waals surface area contributed by atoms with Gasteiger partial charge in [-0.3, -0.25) is 0 Å². The van der Waals surface area contributed by atoms with Crippen LogP contribution in [0, 0.1) is 0 Å². The van der Waals surface area contributed by atoms with E-state index < -0.39 is 6.10 Å². The highest BCUT2D eigenvalue weighted by molar-refractivity contribution is 7.15. The van der Waals surface area contributed by atoms with Crippen LogP contribution in [0.5, 0.6) is 0 Å². The van der Waals surface area contributed by atoms with Gasteiger partial charge in [-0.2, -0.15) is 0 Å². The van der Waals surface area contributed by atoms with Crippen molar-refractivity contribution >= 4 is 16.5 Å². The first-order chi connectivity index (χ1) is 8.20. The third-order valence-electron chi connectivity index (χ3n) is 3.02. The molecule has 0 aliphatic carbocycles. The van der Waals surface area contributed by atoms with Crippen molar-refractivity contribution in [2.45, 2.75) is 38.9 Å². The topological polar surface area (TPSA) is 45.6 Å². The molecule has 1 aromatic rings. The molecule has 2 heterocycles. The summed E-state index contributed by atoms with van der Waals surface area (Å²) in [4.78, 5) is 7.53. The van der Waals surface area contributed by atoms with Crippen LogP contribution in [0.3, 0.4) is 0 Å². The Morgan fingerprint density at radius 3 is 3.06 bits per heavy atom. The number of rotatable bonds is 5. The Bertz CT molecular complexity index is 348. The zero-order valence-electron chi connectivity index (χ0n) is 10.4. The van der Waals surface area contributed by atoms with Crippen LogP contribution in [0.1, 0.15) is 37.7 Å². The van der Waals surface area contributed by atoms with E-state index in [-0.39, 0.29) is 0 Å². The van der Waals surface area contributed by atoms with Gasteiger partial charge in [0.05, 0.1) is 17.1 Å². The van der Waals surface area contributed by atoms with Gasteiger partial charge in [-0.05, 0) is 26.7 Å². The van der Waals surface area contributed by atoms with Crippen molar-refractivity contribution in [3.8, 4) is 0 Å². The van der Waals surface area contributed by atoms with Crippen molar-refractivity contribution in [1.82, 2.24) is 4.98 Å². The van der Waals surface area contributed by atoms with Gasteiger partial charge in [-0.25, -0.2) is 4.98 Å². The molecule has 1 fully saturated rings. The standard InChI is InChI=1S/C12H20N2O2S/c1-3-14(8-10-5-4-6-16-10)12-13-7-11(17-12)9(2)15/h7,9-10,15H,3-6,8H2,1-2H3. The molecule has 0 bridgehead atoms. The molecule has 0 amide bonds. The summed E-state index contributed by atoms with van der Waals surface area (Å²) in [5.74, 6) is 0. The van der Waals surface area contributed by atoms with E-state index in [4.69, 9.17) is 4.74 Å². The number of anilines is 1. The lowest BCUT2D eigenvalue weighted by molar-refractivity contribution is 0.115. The first-order valence-corrected chi connectivity index (χ1v) is 7.02. The molecule has 5 heteroatoms. The number of thiazole rings is 1. The molecule has 0 radical (unpaired) electrons. The molecule has 1 aliphatic heterocycles. The van der Waals surface area contributed by atoms with Gasteiger partial charge < -0.3 is 14.7 Å². The molecule has 2 rings (SSSR count). The van der Waals surface area contributed by atoms with Gasteiger partial charge in [-0.15, -0.1) is 0 Å². The zero-order valence-corrected chi connectivity index (χ0v) is 11.2. The number of aromatic nitrogens is 1. The van der Waals surface area contributed by atoms with E-state index in [1.807, 2.05) is 0 Å². The molecule has 17 heavy (non-hydrogen) atoms. The maximum absolute atomic E-state index is 9.50. The third-order valence-corrected chi connectivity index (χ3v) is 4.25. The Morgan fingerprint density at radius 1 is 1.71 bits per heavy atom. The van der Waals surface area contributed by atoms with Gasteiger partial charge in [0.25, 0.3) is 0 Å². The van der Waals surface area contributed by atoms with E-state index in [0.717, 1.165) is 36.1 Å². The molecule has 1 saturated heterocycles. The van der Waals surface area contributed by atoms with Gasteiger partial charge in [0.2, 0.25) is 0 Å². The maximum Gasteiger partial charge on any atom is 0.185 e. The number of ether oxygens (including phenoxy) is 1. The Labute approximate surface area is 106 Å². The van der Waals surface area contributed by atoms with Crippen molar-refractivity contribution in [1.29, 1.82) is 0 Å². The molecule has 1 aromatic heterocycles. The van der Waals surface area contributed by atoms with Crippen LogP contribution in [-0.4, -0.2) is 35.9 Å². The van der Waals surface area contributed by atoms with E-state index in [1.165, 1.54) is 6.42 Å². The maximum atomic E-state index is 9.50. The van der Waals surface area contributed by atoms with Crippen LogP contribution >= 0.6 is 11.3 Å². The van der Waals surface area contributed by atoms with Crippen LogP contribution in [0.4, 0.5) is 5.13 Å². The Morgan fingerprint density at radius 2 is 2.53 bits per heavy atom. The fraction of sp³-hybridized carbons (Fsp3) is 0.750. The highest BCUT2D eigenvalue weighted by Crippen LogP contribution is 2.27. The summed E-state index contributed by atoms with van der Waals surface area (Å²) in [6.45, 7) is 6.61. The highest BCUT2D eigenvalue weighted by atomic mass is 32.1. The number of hydrogen-bond acceptors (Lipinski definition) is 5. The molecular weight excluding hydrogens is 236 g/mol. The summed E-state index contributed by atoms with van der Waals surface area (Å²) in [5.41, 5.74) is 0. The summed E-state index contributed by atoms with van der Waals surface area (Å²) < 4.78 is 5.65. The summed E-state index contributed by atoms with van der Waals surface area (Å²) in [6, 6.07) is 0. The summed E-state index contributed by atoms with van der Waals surface area (Å²) in [5, 5.41) is 10.5. The second kappa shape index (κ2) is 5.80. The largest absolute Gasteiger partial charge is 0.388 e. The molecule has 96 valence electrons. The van der Waals surface area contributed by atoms with E-state index >= 15 is 0 Å². The van der Waals surface area contributed by atoms with Gasteiger partial charge in [-0.1, -0.05) is 11.3 Å². The monoisotopic (exact) mass is 256 g/mol. The molecule has 4 nitrogen and oxygen atoms in total. The van der Waals surface area contributed by atoms with E-state index in [1.54, 1.807) is 24.5 Å². The number of hydrogen-bond donors (Lipinski definition) is 1. The smallest absolute Gasteiger partial charge is 0.185 e. The molecule has 0 spiro atoms. The molecule has 0 saturated carbocycles. The van der Waals surface area contributed by atoms with Crippen LogP contribution < -0.4 is 4.90 Å². The normalized spacial score (nSPS) is 21.7. The molecule has 1 aliphatic rings. The molecule has 2 unspecified atom stereocenters. The fourth-order valence-electron chi connectivity index (χ4n) is 1.99. The SMILES string of the molecule is CCN(CC1CCCO1)c1ncc(C(C)O)s1. The summed E-state index contributed by atoms with van der Waals surface area (Å²) >= 11 is 1.57. The highest BCUT2D eigenvalue weighted by Gasteiger charge is 2.20. The van der Waals surface area contributed by atoms with E-state index in [0.29, 0.717) is 6.10 Å². The molecular formula is C12H20N2O2S. The van der Waals surface area contributed by atoms with Crippen LogP contribution in [0.15, 0.2) is 6.20 Å². The average Bonchev–Trinajstić information content (AvgIpc) is 2.96. The predicted molar refractivity (Wildman–Crippen MR) is 69.6 cm³/mol. The predicted octanol–water partition coefficient (Wildman–Crippen LogP) is 2.20. The number of aliphatic hydroxyl groups is 1. The quantitative estimate of drug-likeness (QED) is 0.877. The minimum Gasteiger partial charge on any atom is -0.388 e. The Kier molecular flexibility index (Phi) is 4.36.